The van der Waals surface area contributed by atoms with Gasteiger partial charge in [0.25, 0.3) is 0 Å². The number of pyridine rings is 1. The summed E-state index contributed by atoms with van der Waals surface area (Å²) in [6, 6.07) is 1.69. The SMILES string of the molecule is CC(C)(C)NCc1ccnc(NCc2cn[nH]c2)c1F. The van der Waals surface area contributed by atoms with Crippen LogP contribution in [0.25, 0.3) is 0 Å². The number of anilines is 1. The fourth-order valence-electron chi connectivity index (χ4n) is 1.66. The maximum atomic E-state index is 14.3. The minimum Gasteiger partial charge on any atom is -0.363 e. The third kappa shape index (κ3) is 4.03. The van der Waals surface area contributed by atoms with Gasteiger partial charge in [-0.05, 0) is 26.8 Å². The van der Waals surface area contributed by atoms with Gasteiger partial charge in [-0.15, -0.1) is 0 Å². The van der Waals surface area contributed by atoms with Gasteiger partial charge in [-0.3, -0.25) is 5.10 Å². The highest BCUT2D eigenvalue weighted by molar-refractivity contribution is 5.40. The first-order valence-corrected chi connectivity index (χ1v) is 6.55. The first-order valence-electron chi connectivity index (χ1n) is 6.55. The van der Waals surface area contributed by atoms with Gasteiger partial charge in [0.05, 0.1) is 6.20 Å². The predicted octanol–water partition coefficient (Wildman–Crippen LogP) is 2.44. The van der Waals surface area contributed by atoms with Crippen LogP contribution in [0.1, 0.15) is 31.9 Å². The molecule has 0 unspecified atom stereocenters. The van der Waals surface area contributed by atoms with Gasteiger partial charge in [0.1, 0.15) is 0 Å². The van der Waals surface area contributed by atoms with E-state index in [9.17, 15) is 4.39 Å². The molecule has 0 aliphatic carbocycles. The Labute approximate surface area is 118 Å². The Bertz CT molecular complexity index is 545. The third-order valence-electron chi connectivity index (χ3n) is 2.79. The molecule has 0 amide bonds. The molecule has 0 aromatic carbocycles. The summed E-state index contributed by atoms with van der Waals surface area (Å²) in [5, 5.41) is 12.8. The van der Waals surface area contributed by atoms with Gasteiger partial charge in [0, 0.05) is 42.1 Å². The highest BCUT2D eigenvalue weighted by atomic mass is 19.1. The summed E-state index contributed by atoms with van der Waals surface area (Å²) in [4.78, 5) is 4.04. The number of rotatable bonds is 5. The summed E-state index contributed by atoms with van der Waals surface area (Å²) in [5.74, 6) is -0.0489. The molecule has 2 heterocycles. The van der Waals surface area contributed by atoms with Gasteiger partial charge in [-0.25, -0.2) is 9.37 Å². The molecule has 0 saturated carbocycles. The molecule has 0 radical (unpaired) electrons. The van der Waals surface area contributed by atoms with E-state index in [1.54, 1.807) is 24.7 Å². The van der Waals surface area contributed by atoms with Gasteiger partial charge >= 0.3 is 0 Å². The average Bonchev–Trinajstić information content (AvgIpc) is 2.88. The van der Waals surface area contributed by atoms with E-state index in [1.165, 1.54) is 0 Å². The van der Waals surface area contributed by atoms with Crippen LogP contribution in [0.2, 0.25) is 0 Å². The van der Waals surface area contributed by atoms with E-state index in [2.05, 4.69) is 25.8 Å². The van der Waals surface area contributed by atoms with Crippen molar-refractivity contribution in [3.63, 3.8) is 0 Å². The Morgan fingerprint density at radius 2 is 2.10 bits per heavy atom. The lowest BCUT2D eigenvalue weighted by Crippen LogP contribution is -2.35. The summed E-state index contributed by atoms with van der Waals surface area (Å²) in [6.07, 6.45) is 5.06. The molecule has 20 heavy (non-hydrogen) atoms. The highest BCUT2D eigenvalue weighted by Crippen LogP contribution is 2.16. The van der Waals surface area contributed by atoms with Crippen molar-refractivity contribution in [2.24, 2.45) is 0 Å². The number of aromatic amines is 1. The van der Waals surface area contributed by atoms with Gasteiger partial charge < -0.3 is 10.6 Å². The minimum absolute atomic E-state index is 0.0555. The monoisotopic (exact) mass is 277 g/mol. The molecule has 2 rings (SSSR count). The van der Waals surface area contributed by atoms with Crippen LogP contribution in [0.15, 0.2) is 24.7 Å². The first-order chi connectivity index (χ1) is 9.46. The summed E-state index contributed by atoms with van der Waals surface area (Å²) >= 11 is 0. The third-order valence-corrected chi connectivity index (χ3v) is 2.79. The maximum absolute atomic E-state index is 14.3. The normalized spacial score (nSPS) is 11.6. The lowest BCUT2D eigenvalue weighted by molar-refractivity contribution is 0.418. The predicted molar refractivity (Wildman–Crippen MR) is 76.7 cm³/mol. The standard InChI is InChI=1S/C14H20FN5/c1-14(2,3)18-9-11-4-5-16-13(12(11)15)17-6-10-7-19-20-8-10/h4-5,7-8,18H,6,9H2,1-3H3,(H,16,17)(H,19,20). The van der Waals surface area contributed by atoms with Crippen molar-refractivity contribution >= 4 is 5.82 Å². The maximum Gasteiger partial charge on any atom is 0.169 e. The fraction of sp³-hybridized carbons (Fsp3) is 0.429. The number of nitrogens with one attached hydrogen (secondary N) is 3. The van der Waals surface area contributed by atoms with Crippen LogP contribution >= 0.6 is 0 Å². The van der Waals surface area contributed by atoms with Crippen molar-refractivity contribution in [2.75, 3.05) is 5.32 Å². The van der Waals surface area contributed by atoms with Crippen LogP contribution in [-0.4, -0.2) is 20.7 Å². The second-order valence-corrected chi connectivity index (χ2v) is 5.70. The average molecular weight is 277 g/mol. The second kappa shape index (κ2) is 6.00. The summed E-state index contributed by atoms with van der Waals surface area (Å²) in [5.41, 5.74) is 1.49. The number of nitrogens with zero attached hydrogens (tertiary/aromatic N) is 2. The molecule has 0 bridgehead atoms. The summed E-state index contributed by atoms with van der Waals surface area (Å²) in [6.45, 7) is 7.09. The van der Waals surface area contributed by atoms with Gasteiger partial charge in [-0.1, -0.05) is 0 Å². The van der Waals surface area contributed by atoms with E-state index in [0.29, 0.717) is 18.7 Å². The molecule has 6 heteroatoms. The molecule has 0 fully saturated rings. The Morgan fingerprint density at radius 3 is 2.75 bits per heavy atom. The highest BCUT2D eigenvalue weighted by Gasteiger charge is 2.13. The van der Waals surface area contributed by atoms with Crippen molar-refractivity contribution in [1.29, 1.82) is 0 Å². The smallest absolute Gasteiger partial charge is 0.169 e. The Kier molecular flexibility index (Phi) is 4.34. The van der Waals surface area contributed by atoms with Gasteiger partial charge in [-0.2, -0.15) is 5.10 Å². The van der Waals surface area contributed by atoms with Crippen molar-refractivity contribution in [3.8, 4) is 0 Å². The number of hydrogen-bond acceptors (Lipinski definition) is 4. The van der Waals surface area contributed by atoms with Crippen molar-refractivity contribution in [1.82, 2.24) is 20.5 Å². The molecule has 0 aliphatic heterocycles. The molecular weight excluding hydrogens is 257 g/mol. The number of H-pyrrole nitrogens is 1. The largest absolute Gasteiger partial charge is 0.363 e. The van der Waals surface area contributed by atoms with E-state index in [1.807, 2.05) is 20.8 Å². The molecular formula is C14H20FN5. The zero-order chi connectivity index (χ0) is 14.6. The lowest BCUT2D eigenvalue weighted by Gasteiger charge is -2.21. The zero-order valence-corrected chi connectivity index (χ0v) is 12.0. The number of aromatic nitrogens is 3. The molecule has 0 atom stereocenters. The van der Waals surface area contributed by atoms with E-state index < -0.39 is 0 Å². The topological polar surface area (TPSA) is 65.6 Å². The fourth-order valence-corrected chi connectivity index (χ4v) is 1.66. The molecule has 3 N–H and O–H groups in total. The van der Waals surface area contributed by atoms with Crippen molar-refractivity contribution in [2.45, 2.75) is 39.4 Å². The van der Waals surface area contributed by atoms with Crippen molar-refractivity contribution in [3.05, 3.63) is 41.6 Å². The number of halogens is 1. The van der Waals surface area contributed by atoms with Gasteiger partial charge in [0.15, 0.2) is 11.6 Å². The summed E-state index contributed by atoms with van der Waals surface area (Å²) in [7, 11) is 0. The van der Waals surface area contributed by atoms with Crippen LogP contribution in [0.5, 0.6) is 0 Å². The molecule has 0 aliphatic rings. The van der Waals surface area contributed by atoms with E-state index in [0.717, 1.165) is 5.56 Å². The van der Waals surface area contributed by atoms with Crippen LogP contribution in [0, 0.1) is 5.82 Å². The quantitative estimate of drug-likeness (QED) is 0.785. The molecule has 0 saturated heterocycles. The second-order valence-electron chi connectivity index (χ2n) is 5.70. The number of hydrogen-bond donors (Lipinski definition) is 3. The lowest BCUT2D eigenvalue weighted by atomic mass is 10.1. The van der Waals surface area contributed by atoms with Crippen molar-refractivity contribution < 1.29 is 4.39 Å². The van der Waals surface area contributed by atoms with Gasteiger partial charge in [0.2, 0.25) is 0 Å². The van der Waals surface area contributed by atoms with E-state index >= 15 is 0 Å². The molecule has 2 aromatic heterocycles. The minimum atomic E-state index is -0.312. The summed E-state index contributed by atoms with van der Waals surface area (Å²) < 4.78 is 14.3. The first kappa shape index (κ1) is 14.5. The molecule has 108 valence electrons. The Balaban J connectivity index is 2.03. The molecule has 0 spiro atoms. The van der Waals surface area contributed by atoms with Crippen LogP contribution in [0.3, 0.4) is 0 Å². The molecule has 5 nitrogen and oxygen atoms in total. The van der Waals surface area contributed by atoms with Crippen LogP contribution < -0.4 is 10.6 Å². The van der Waals surface area contributed by atoms with E-state index in [4.69, 9.17) is 0 Å². The van der Waals surface area contributed by atoms with Crippen LogP contribution in [0.4, 0.5) is 10.2 Å². The van der Waals surface area contributed by atoms with E-state index in [-0.39, 0.29) is 17.2 Å². The molecule has 2 aromatic rings. The zero-order valence-electron chi connectivity index (χ0n) is 12.0. The Morgan fingerprint density at radius 1 is 1.30 bits per heavy atom. The Hall–Kier alpha value is -1.95. The van der Waals surface area contributed by atoms with Crippen LogP contribution in [-0.2, 0) is 13.1 Å².